The van der Waals surface area contributed by atoms with Crippen molar-refractivity contribution in [3.63, 3.8) is 0 Å². The van der Waals surface area contributed by atoms with Crippen LogP contribution in [0.2, 0.25) is 0 Å². The number of carbonyl (C=O) groups excluding carboxylic acids is 1. The van der Waals surface area contributed by atoms with Gasteiger partial charge in [0, 0.05) is 25.5 Å². The number of amides is 1. The lowest BCUT2D eigenvalue weighted by Crippen LogP contribution is -2.18. The average molecular weight is 222 g/mol. The number of hydrogen-bond acceptors (Lipinski definition) is 3. The van der Waals surface area contributed by atoms with Gasteiger partial charge in [0.25, 0.3) is 0 Å². The second-order valence-electron chi connectivity index (χ2n) is 4.02. The van der Waals surface area contributed by atoms with E-state index in [2.05, 4.69) is 5.32 Å². The van der Waals surface area contributed by atoms with Crippen LogP contribution in [0.4, 0.5) is 16.2 Å². The highest BCUT2D eigenvalue weighted by atomic mass is 16.6. The van der Waals surface area contributed by atoms with Crippen LogP contribution < -0.4 is 10.2 Å². The molecule has 1 aromatic carbocycles. The molecule has 4 heteroatoms. The van der Waals surface area contributed by atoms with Crippen LogP contribution in [0.3, 0.4) is 0 Å². The molecule has 0 aliphatic heterocycles. The Morgan fingerprint density at radius 3 is 2.62 bits per heavy atom. The summed E-state index contributed by atoms with van der Waals surface area (Å²) in [5.74, 6) is 0. The monoisotopic (exact) mass is 222 g/mol. The zero-order chi connectivity index (χ0) is 12.1. The number of rotatable bonds is 3. The molecule has 1 rings (SSSR count). The van der Waals surface area contributed by atoms with Gasteiger partial charge in [0.2, 0.25) is 0 Å². The van der Waals surface area contributed by atoms with Crippen molar-refractivity contribution in [3.05, 3.63) is 24.3 Å². The SMILES string of the molecule is CC(C)OC(=O)Nc1cccc(N(C)C)c1. The maximum atomic E-state index is 11.4. The molecule has 0 aliphatic rings. The van der Waals surface area contributed by atoms with E-state index in [1.165, 1.54) is 0 Å². The molecule has 1 N–H and O–H groups in total. The third kappa shape index (κ3) is 3.81. The Morgan fingerprint density at radius 1 is 1.38 bits per heavy atom. The molecule has 0 saturated heterocycles. The van der Waals surface area contributed by atoms with Gasteiger partial charge < -0.3 is 9.64 Å². The Hall–Kier alpha value is -1.71. The molecular weight excluding hydrogens is 204 g/mol. The molecule has 0 saturated carbocycles. The summed E-state index contributed by atoms with van der Waals surface area (Å²) >= 11 is 0. The first-order valence-corrected chi connectivity index (χ1v) is 5.24. The minimum Gasteiger partial charge on any atom is -0.447 e. The minimum atomic E-state index is -0.425. The first-order valence-electron chi connectivity index (χ1n) is 5.24. The van der Waals surface area contributed by atoms with Crippen molar-refractivity contribution in [1.82, 2.24) is 0 Å². The predicted octanol–water partition coefficient (Wildman–Crippen LogP) is 2.71. The van der Waals surface area contributed by atoms with Crippen molar-refractivity contribution in [2.75, 3.05) is 24.3 Å². The highest BCUT2D eigenvalue weighted by molar-refractivity contribution is 5.85. The summed E-state index contributed by atoms with van der Waals surface area (Å²) < 4.78 is 4.99. The van der Waals surface area contributed by atoms with Gasteiger partial charge in [-0.25, -0.2) is 4.79 Å². The molecule has 4 nitrogen and oxygen atoms in total. The lowest BCUT2D eigenvalue weighted by molar-refractivity contribution is 0.130. The summed E-state index contributed by atoms with van der Waals surface area (Å²) in [4.78, 5) is 13.3. The van der Waals surface area contributed by atoms with E-state index in [1.54, 1.807) is 0 Å². The maximum Gasteiger partial charge on any atom is 0.411 e. The van der Waals surface area contributed by atoms with Crippen LogP contribution in [-0.2, 0) is 4.74 Å². The summed E-state index contributed by atoms with van der Waals surface area (Å²) in [6.45, 7) is 3.63. The molecule has 0 heterocycles. The fraction of sp³-hybridized carbons (Fsp3) is 0.417. The zero-order valence-corrected chi connectivity index (χ0v) is 10.2. The van der Waals surface area contributed by atoms with Crippen LogP contribution in [0.25, 0.3) is 0 Å². The van der Waals surface area contributed by atoms with Gasteiger partial charge in [-0.2, -0.15) is 0 Å². The van der Waals surface area contributed by atoms with Gasteiger partial charge in [0.15, 0.2) is 0 Å². The molecule has 0 atom stereocenters. The number of anilines is 2. The number of carbonyl (C=O) groups is 1. The van der Waals surface area contributed by atoms with Gasteiger partial charge in [-0.05, 0) is 32.0 Å². The van der Waals surface area contributed by atoms with Crippen LogP contribution >= 0.6 is 0 Å². The van der Waals surface area contributed by atoms with E-state index in [0.29, 0.717) is 0 Å². The van der Waals surface area contributed by atoms with Crippen LogP contribution in [0.5, 0.6) is 0 Å². The fourth-order valence-electron chi connectivity index (χ4n) is 1.22. The minimum absolute atomic E-state index is 0.114. The summed E-state index contributed by atoms with van der Waals surface area (Å²) in [6, 6.07) is 7.58. The van der Waals surface area contributed by atoms with Crippen molar-refractivity contribution in [3.8, 4) is 0 Å². The van der Waals surface area contributed by atoms with E-state index in [9.17, 15) is 4.79 Å². The molecule has 16 heavy (non-hydrogen) atoms. The van der Waals surface area contributed by atoms with Crippen molar-refractivity contribution < 1.29 is 9.53 Å². The largest absolute Gasteiger partial charge is 0.447 e. The van der Waals surface area contributed by atoms with Gasteiger partial charge in [-0.1, -0.05) is 6.07 Å². The number of ether oxygens (including phenoxy) is 1. The zero-order valence-electron chi connectivity index (χ0n) is 10.2. The lowest BCUT2D eigenvalue weighted by atomic mass is 10.2. The average Bonchev–Trinajstić information content (AvgIpc) is 2.16. The number of benzene rings is 1. The molecule has 0 unspecified atom stereocenters. The van der Waals surface area contributed by atoms with Crippen molar-refractivity contribution >= 4 is 17.5 Å². The Balaban J connectivity index is 2.67. The summed E-state index contributed by atoms with van der Waals surface area (Å²) in [6.07, 6.45) is -0.539. The molecule has 0 radical (unpaired) electrons. The molecule has 0 spiro atoms. The third-order valence-electron chi connectivity index (χ3n) is 1.95. The molecule has 0 fully saturated rings. The van der Waals surface area contributed by atoms with Gasteiger partial charge in [0.05, 0.1) is 6.10 Å². The first-order chi connectivity index (χ1) is 7.49. The predicted molar refractivity (Wildman–Crippen MR) is 66.0 cm³/mol. The normalized spacial score (nSPS) is 10.1. The molecule has 1 amide bonds. The van der Waals surface area contributed by atoms with E-state index in [1.807, 2.05) is 57.1 Å². The second kappa shape index (κ2) is 5.39. The first kappa shape index (κ1) is 12.4. The highest BCUT2D eigenvalue weighted by Crippen LogP contribution is 2.17. The summed E-state index contributed by atoms with van der Waals surface area (Å²) in [7, 11) is 3.90. The van der Waals surface area contributed by atoms with Crippen LogP contribution in [0.15, 0.2) is 24.3 Å². The second-order valence-corrected chi connectivity index (χ2v) is 4.02. The van der Waals surface area contributed by atoms with E-state index >= 15 is 0 Å². The Bertz CT molecular complexity index is 362. The summed E-state index contributed by atoms with van der Waals surface area (Å²) in [5, 5.41) is 2.68. The number of hydrogen-bond donors (Lipinski definition) is 1. The topological polar surface area (TPSA) is 41.6 Å². The Kier molecular flexibility index (Phi) is 4.17. The quantitative estimate of drug-likeness (QED) is 0.855. The molecule has 88 valence electrons. The summed E-state index contributed by atoms with van der Waals surface area (Å²) in [5.41, 5.74) is 1.76. The van der Waals surface area contributed by atoms with Crippen molar-refractivity contribution in [2.24, 2.45) is 0 Å². The van der Waals surface area contributed by atoms with Crippen LogP contribution in [0.1, 0.15) is 13.8 Å². The van der Waals surface area contributed by atoms with Gasteiger partial charge in [-0.15, -0.1) is 0 Å². The molecule has 0 aliphatic carbocycles. The lowest BCUT2D eigenvalue weighted by Gasteiger charge is -2.14. The van der Waals surface area contributed by atoms with E-state index < -0.39 is 6.09 Å². The van der Waals surface area contributed by atoms with E-state index in [0.717, 1.165) is 11.4 Å². The van der Waals surface area contributed by atoms with Gasteiger partial charge >= 0.3 is 6.09 Å². The maximum absolute atomic E-state index is 11.4. The Morgan fingerprint density at radius 2 is 2.06 bits per heavy atom. The van der Waals surface area contributed by atoms with E-state index in [-0.39, 0.29) is 6.10 Å². The van der Waals surface area contributed by atoms with E-state index in [4.69, 9.17) is 4.74 Å². The van der Waals surface area contributed by atoms with Gasteiger partial charge in [-0.3, -0.25) is 5.32 Å². The fourth-order valence-corrected chi connectivity index (χ4v) is 1.22. The molecule has 0 aromatic heterocycles. The molecule has 0 bridgehead atoms. The Labute approximate surface area is 96.2 Å². The van der Waals surface area contributed by atoms with Crippen LogP contribution in [-0.4, -0.2) is 26.3 Å². The number of nitrogens with zero attached hydrogens (tertiary/aromatic N) is 1. The van der Waals surface area contributed by atoms with Gasteiger partial charge in [0.1, 0.15) is 0 Å². The third-order valence-corrected chi connectivity index (χ3v) is 1.95. The smallest absolute Gasteiger partial charge is 0.411 e. The van der Waals surface area contributed by atoms with Crippen molar-refractivity contribution in [2.45, 2.75) is 20.0 Å². The van der Waals surface area contributed by atoms with Crippen molar-refractivity contribution in [1.29, 1.82) is 0 Å². The molecular formula is C12H18N2O2. The number of nitrogens with one attached hydrogen (secondary N) is 1. The highest BCUT2D eigenvalue weighted by Gasteiger charge is 2.05. The molecule has 1 aromatic rings. The standard InChI is InChI=1S/C12H18N2O2/c1-9(2)16-12(15)13-10-6-5-7-11(8-10)14(3)4/h5-9H,1-4H3,(H,13,15). The van der Waals surface area contributed by atoms with Crippen LogP contribution in [0, 0.1) is 0 Å².